The molecule has 5 heteroatoms. The number of hydrogen-bond acceptors (Lipinski definition) is 0. The van der Waals surface area contributed by atoms with Gasteiger partial charge in [-0.1, -0.05) is 145 Å². The van der Waals surface area contributed by atoms with Gasteiger partial charge < -0.3 is 14.4 Å². The van der Waals surface area contributed by atoms with Crippen molar-refractivity contribution in [3.63, 3.8) is 0 Å². The topological polar surface area (TPSA) is 0 Å². The summed E-state index contributed by atoms with van der Waals surface area (Å²) in [7, 11) is 0. The molecule has 0 nitrogen and oxygen atoms in total. The summed E-state index contributed by atoms with van der Waals surface area (Å²) in [6.45, 7) is 37.8. The van der Waals surface area contributed by atoms with Crippen molar-refractivity contribution in [1.82, 2.24) is 0 Å². The first-order valence-electron chi connectivity index (χ1n) is 9.95. The summed E-state index contributed by atoms with van der Waals surface area (Å²) in [5, 5.41) is 0. The van der Waals surface area contributed by atoms with Crippen LogP contribution in [-0.2, 0) is 39.6 Å². The van der Waals surface area contributed by atoms with Gasteiger partial charge in [-0.3, -0.25) is 0 Å². The molecule has 10 radical (unpaired) electrons. The third kappa shape index (κ3) is 10300. The summed E-state index contributed by atoms with van der Waals surface area (Å²) in [5.41, 5.74) is 0. The average molecular weight is 635 g/mol. The second-order valence-electron chi connectivity index (χ2n) is 2.12. The Bertz CT molecular complexity index is 45.2. The molecule has 0 amide bonds. The van der Waals surface area contributed by atoms with E-state index in [9.17, 15) is 0 Å². The van der Waals surface area contributed by atoms with E-state index in [2.05, 4.69) is 48.5 Å². The summed E-state index contributed by atoms with van der Waals surface area (Å²) < 4.78 is 0. The van der Waals surface area contributed by atoms with Crippen LogP contribution >= 0.6 is 0 Å². The van der Waals surface area contributed by atoms with Crippen LogP contribution in [0, 0.1) is 14.4 Å². The molecule has 0 bridgehead atoms. The van der Waals surface area contributed by atoms with Gasteiger partial charge in [-0.05, 0) is 0 Å². The first kappa shape index (κ1) is 146. The van der Waals surface area contributed by atoms with Gasteiger partial charge in [0.2, 0.25) is 0 Å². The van der Waals surface area contributed by atoms with E-state index < -0.39 is 0 Å². The van der Waals surface area contributed by atoms with Crippen LogP contribution in [0.1, 0.15) is 156 Å². The van der Waals surface area contributed by atoms with Crippen molar-refractivity contribution < 1.29 is 43.9 Å². The Morgan fingerprint density at radius 3 is 0.448 bits per heavy atom. The maximum Gasteiger partial charge on any atom is 0 e. The summed E-state index contributed by atoms with van der Waals surface area (Å²) in [6, 6.07) is 0. The van der Waals surface area contributed by atoms with E-state index in [4.69, 9.17) is 0 Å². The molecule has 29 heavy (non-hydrogen) atoms. The predicted molar refractivity (Wildman–Crippen MR) is 159 cm³/mol. The van der Waals surface area contributed by atoms with E-state index in [-0.39, 0.29) is 91.4 Å². The molecule has 0 unspecified atom stereocenters. The Hall–Kier alpha value is 1.47. The monoisotopic (exact) mass is 636 g/mol. The van der Waals surface area contributed by atoms with E-state index in [0.717, 1.165) is 0 Å². The van der Waals surface area contributed by atoms with Crippen molar-refractivity contribution in [2.24, 2.45) is 0 Å². The largest absolute Gasteiger partial charge is 0.358 e. The molecule has 194 valence electrons. The quantitative estimate of drug-likeness (QED) is 0.184. The first-order chi connectivity index (χ1) is 10.2. The van der Waals surface area contributed by atoms with Gasteiger partial charge in [-0.15, -0.1) is 0 Å². The maximum atomic E-state index is 3.25. The van der Waals surface area contributed by atoms with Crippen molar-refractivity contribution in [2.75, 3.05) is 0 Å². The van der Waals surface area contributed by atoms with Gasteiger partial charge in [-0.25, -0.2) is 0 Å². The molecule has 0 aliphatic rings. The average Bonchev–Trinajstić information content (AvgIpc) is 2.60. The van der Waals surface area contributed by atoms with Crippen LogP contribution in [0.2, 0.25) is 0 Å². The molecule has 0 aliphatic heterocycles. The fourth-order valence-electron chi connectivity index (χ4n) is 0. The number of rotatable bonds is 0. The third-order valence-electron chi connectivity index (χ3n) is 0. The van der Waals surface area contributed by atoms with Crippen LogP contribution < -0.4 is 0 Å². The van der Waals surface area contributed by atoms with Crippen molar-refractivity contribution in [1.29, 1.82) is 0 Å². The Morgan fingerprint density at radius 2 is 0.448 bits per heavy atom. The second-order valence-corrected chi connectivity index (χ2v) is 2.12. The van der Waals surface area contributed by atoms with Crippen LogP contribution in [0.15, 0.2) is 0 Å². The molecule has 0 aromatic heterocycles. The van der Waals surface area contributed by atoms with Gasteiger partial charge in [0.25, 0.3) is 0 Å². The predicted octanol–water partition coefficient (Wildman–Crippen LogP) is 11.5. The standard InChI is InChI=1S/3C3H8.5C2H6.C2H5.2CH4.CH3.3B.V.W.3H2/c3*1-3-2;6*1-2;;;;;;;;;;;/h3*3H2,1-2H3;5*1-2H3;1H2,2H3;2*1H4;1H3;;;;;;3*1H/q;;;;;;;;-1;;;-1;;;;;;;;/i;;;;;;;;;;;;;;;;;3*1+1. The van der Waals surface area contributed by atoms with Crippen LogP contribution in [0.25, 0.3) is 0 Å². The molecule has 0 atom stereocenters. The van der Waals surface area contributed by atoms with Gasteiger partial charge in [0, 0.05) is 69.1 Å². The molecule has 0 saturated carbocycles. The van der Waals surface area contributed by atoms with Crippen molar-refractivity contribution in [2.45, 2.75) is 152 Å². The minimum absolute atomic E-state index is 0. The first-order valence-corrected chi connectivity index (χ1v) is 9.95. The SMILES string of the molecule is C.C.CC.CC.CC.CC.CC.CCC.CCC.CCC.[2HH].[2HH].[2HH].[B].[B].[B].[CH2-]C.[CH3-].[V].[W]. The fraction of sp³-hybridized carbons (Fsp3) is 0.917. The molecular formula is C24H76B3VW-2. The zero-order valence-electron chi connectivity index (χ0n) is 23.4. The van der Waals surface area contributed by atoms with Gasteiger partial charge >= 0.3 is 0 Å². The smallest absolute Gasteiger partial charge is 0 e. The van der Waals surface area contributed by atoms with Crippen molar-refractivity contribution in [3.8, 4) is 0 Å². The van der Waals surface area contributed by atoms with Crippen molar-refractivity contribution in [3.05, 3.63) is 14.4 Å². The molecule has 0 N–H and O–H groups in total. The fourth-order valence-corrected chi connectivity index (χ4v) is 0. The zero-order valence-corrected chi connectivity index (χ0v) is 27.7. The minimum Gasteiger partial charge on any atom is -0.358 e. The van der Waals surface area contributed by atoms with Crippen LogP contribution in [0.3, 0.4) is 0 Å². The van der Waals surface area contributed by atoms with Crippen LogP contribution in [-0.4, -0.2) is 25.2 Å². The van der Waals surface area contributed by atoms with Gasteiger partial charge in [0.15, 0.2) is 0 Å². The molecule has 0 aromatic rings. The van der Waals surface area contributed by atoms with Crippen molar-refractivity contribution >= 4 is 25.2 Å². The van der Waals surface area contributed by atoms with Crippen LogP contribution in [0.4, 0.5) is 0 Å². The number of hydrogen-bond donors (Lipinski definition) is 0. The molecule has 0 aromatic carbocycles. The van der Waals surface area contributed by atoms with Gasteiger partial charge in [-0.2, -0.15) is 6.92 Å². The molecular weight excluding hydrogens is 555 g/mol. The Morgan fingerprint density at radius 1 is 0.448 bits per heavy atom. The Balaban J connectivity index is -0.00000000271. The van der Waals surface area contributed by atoms with E-state index in [0.29, 0.717) is 0 Å². The molecule has 0 fully saturated rings. The van der Waals surface area contributed by atoms with Gasteiger partial charge in [0.1, 0.15) is 0 Å². The van der Waals surface area contributed by atoms with Crippen LogP contribution in [0.5, 0.6) is 0 Å². The summed E-state index contributed by atoms with van der Waals surface area (Å²) in [5.74, 6) is 0. The molecule has 0 heterocycles. The van der Waals surface area contributed by atoms with E-state index in [1.165, 1.54) is 19.3 Å². The normalized spacial score (nSPS) is 3.10. The molecule has 0 saturated heterocycles. The molecule has 0 aliphatic carbocycles. The van der Waals surface area contributed by atoms with E-state index in [1.54, 1.807) is 6.92 Å². The zero-order chi connectivity index (χ0) is 20.1. The second kappa shape index (κ2) is 1200. The Labute approximate surface area is 234 Å². The minimum atomic E-state index is 0. The summed E-state index contributed by atoms with van der Waals surface area (Å²) in [6.07, 6.45) is 3.75. The van der Waals surface area contributed by atoms with Gasteiger partial charge in [0.05, 0.1) is 0 Å². The molecule has 0 spiro atoms. The van der Waals surface area contributed by atoms with E-state index in [1.807, 2.05) is 69.2 Å². The third-order valence-corrected chi connectivity index (χ3v) is 0. The maximum absolute atomic E-state index is 3.25. The summed E-state index contributed by atoms with van der Waals surface area (Å²) >= 11 is 0. The Kier molecular flexibility index (Phi) is 6020. The van der Waals surface area contributed by atoms with E-state index >= 15 is 0 Å². The summed E-state index contributed by atoms with van der Waals surface area (Å²) in [4.78, 5) is 0. The molecule has 0 rings (SSSR count).